The van der Waals surface area contributed by atoms with Gasteiger partial charge >= 0.3 is 11.9 Å². The first-order valence-electron chi connectivity index (χ1n) is 11.3. The van der Waals surface area contributed by atoms with Gasteiger partial charge in [0.1, 0.15) is 6.61 Å². The summed E-state index contributed by atoms with van der Waals surface area (Å²) in [6.45, 7) is 0.504. The summed E-state index contributed by atoms with van der Waals surface area (Å²) in [4.78, 5) is 24.5. The Hall–Kier alpha value is -2.75. The Morgan fingerprint density at radius 3 is 2.32 bits per heavy atom. The van der Waals surface area contributed by atoms with Crippen LogP contribution in [-0.4, -0.2) is 58.1 Å². The Morgan fingerprint density at radius 1 is 0.971 bits per heavy atom. The molecule has 0 aromatic heterocycles. The van der Waals surface area contributed by atoms with Crippen LogP contribution in [0.1, 0.15) is 41.6 Å². The number of esters is 2. The van der Waals surface area contributed by atoms with E-state index in [0.29, 0.717) is 25.7 Å². The third-order valence-corrected chi connectivity index (χ3v) is 7.99. The Morgan fingerprint density at radius 2 is 1.68 bits per heavy atom. The predicted molar refractivity (Wildman–Crippen MR) is 126 cm³/mol. The van der Waals surface area contributed by atoms with Gasteiger partial charge in [-0.1, -0.05) is 36.4 Å². The molecule has 0 saturated heterocycles. The van der Waals surface area contributed by atoms with Gasteiger partial charge in [0.15, 0.2) is 0 Å². The minimum Gasteiger partial charge on any atom is -0.469 e. The van der Waals surface area contributed by atoms with Crippen molar-refractivity contribution >= 4 is 22.0 Å². The Kier molecular flexibility index (Phi) is 9.20. The fraction of sp³-hybridized carbons (Fsp3) is 0.440. The Bertz CT molecular complexity index is 1060. The van der Waals surface area contributed by atoms with Crippen molar-refractivity contribution in [2.45, 2.75) is 43.2 Å². The summed E-state index contributed by atoms with van der Waals surface area (Å²) in [5, 5.41) is 0. The molecule has 1 saturated carbocycles. The Balaban J connectivity index is 1.76. The van der Waals surface area contributed by atoms with Crippen LogP contribution in [0, 0.1) is 5.92 Å². The normalized spacial score (nSPS) is 18.4. The zero-order valence-electron chi connectivity index (χ0n) is 19.5. The maximum atomic E-state index is 13.6. The van der Waals surface area contributed by atoms with Crippen molar-refractivity contribution in [1.82, 2.24) is 4.31 Å². The molecule has 2 aromatic carbocycles. The lowest BCUT2D eigenvalue weighted by atomic mass is 9.86. The van der Waals surface area contributed by atoms with Crippen molar-refractivity contribution in [2.24, 2.45) is 5.92 Å². The van der Waals surface area contributed by atoms with Crippen LogP contribution in [0.2, 0.25) is 0 Å². The molecule has 0 heterocycles. The molecule has 2 aromatic rings. The molecular formula is C25H31NO7S. The van der Waals surface area contributed by atoms with E-state index in [1.165, 1.54) is 42.8 Å². The number of hydrogen-bond donors (Lipinski definition) is 0. The van der Waals surface area contributed by atoms with E-state index in [0.717, 1.165) is 5.56 Å². The van der Waals surface area contributed by atoms with Gasteiger partial charge in [0.05, 0.1) is 30.1 Å². The maximum absolute atomic E-state index is 13.6. The van der Waals surface area contributed by atoms with Crippen LogP contribution in [0.4, 0.5) is 0 Å². The zero-order valence-corrected chi connectivity index (χ0v) is 20.3. The number of methoxy groups -OCH3 is 2. The molecule has 3 rings (SSSR count). The van der Waals surface area contributed by atoms with Crippen LogP contribution >= 0.6 is 0 Å². The number of nitrogens with zero attached hydrogens (tertiary/aromatic N) is 1. The molecule has 9 heteroatoms. The van der Waals surface area contributed by atoms with Crippen molar-refractivity contribution < 1.29 is 32.2 Å². The highest BCUT2D eigenvalue weighted by Gasteiger charge is 2.36. The van der Waals surface area contributed by atoms with Gasteiger partial charge in [-0.15, -0.1) is 0 Å². The standard InChI is InChI=1S/C25H31NO7S/c1-31-16-15-26(22-13-11-20(12-14-22)24(27)32-2)34(29,30)23-10-6-9-21(17-23)25(28)33-18-19-7-4-3-5-8-19/h3-10,17,20,22H,11-16,18H2,1-2H3/t20-,22-. The molecule has 0 radical (unpaired) electrons. The first-order valence-corrected chi connectivity index (χ1v) is 12.7. The van der Waals surface area contributed by atoms with E-state index in [4.69, 9.17) is 14.2 Å². The molecule has 0 N–H and O–H groups in total. The lowest BCUT2D eigenvalue weighted by molar-refractivity contribution is -0.146. The minimum absolute atomic E-state index is 0.0212. The van der Waals surface area contributed by atoms with Crippen molar-refractivity contribution in [1.29, 1.82) is 0 Å². The van der Waals surface area contributed by atoms with Crippen LogP contribution in [0.3, 0.4) is 0 Å². The molecule has 0 bridgehead atoms. The van der Waals surface area contributed by atoms with Gasteiger partial charge in [-0.25, -0.2) is 13.2 Å². The first kappa shape index (κ1) is 25.9. The van der Waals surface area contributed by atoms with Crippen LogP contribution in [0.15, 0.2) is 59.5 Å². The van der Waals surface area contributed by atoms with E-state index in [1.807, 2.05) is 30.3 Å². The smallest absolute Gasteiger partial charge is 0.338 e. The van der Waals surface area contributed by atoms with Crippen LogP contribution in [0.5, 0.6) is 0 Å². The SMILES string of the molecule is COCCN([C@H]1CC[C@H](C(=O)OC)CC1)S(=O)(=O)c1cccc(C(=O)OCc2ccccc2)c1. The summed E-state index contributed by atoms with van der Waals surface area (Å²) >= 11 is 0. The van der Waals surface area contributed by atoms with Crippen LogP contribution in [0.25, 0.3) is 0 Å². The summed E-state index contributed by atoms with van der Waals surface area (Å²) in [5.41, 5.74) is 1.01. The van der Waals surface area contributed by atoms with E-state index < -0.39 is 16.0 Å². The summed E-state index contributed by atoms with van der Waals surface area (Å²) in [6.07, 6.45) is 2.20. The molecule has 184 valence electrons. The molecule has 0 unspecified atom stereocenters. The Labute approximate surface area is 200 Å². The molecule has 1 aliphatic carbocycles. The second-order valence-corrected chi connectivity index (χ2v) is 10.1. The quantitative estimate of drug-likeness (QED) is 0.472. The second kappa shape index (κ2) is 12.1. The molecule has 0 spiro atoms. The molecule has 0 aliphatic heterocycles. The van der Waals surface area contributed by atoms with Gasteiger partial charge in [0.2, 0.25) is 10.0 Å². The van der Waals surface area contributed by atoms with Gasteiger partial charge in [-0.3, -0.25) is 4.79 Å². The fourth-order valence-electron chi connectivity index (χ4n) is 4.17. The van der Waals surface area contributed by atoms with Crippen LogP contribution < -0.4 is 0 Å². The highest BCUT2D eigenvalue weighted by atomic mass is 32.2. The maximum Gasteiger partial charge on any atom is 0.338 e. The lowest BCUT2D eigenvalue weighted by Crippen LogP contribution is -2.44. The highest BCUT2D eigenvalue weighted by Crippen LogP contribution is 2.31. The summed E-state index contributed by atoms with van der Waals surface area (Å²) in [7, 11) is -1.03. The van der Waals surface area contributed by atoms with E-state index in [9.17, 15) is 18.0 Å². The second-order valence-electron chi connectivity index (χ2n) is 8.23. The summed E-state index contributed by atoms with van der Waals surface area (Å²) in [5.74, 6) is -1.06. The zero-order chi connectivity index (χ0) is 24.6. The molecule has 0 atom stereocenters. The lowest BCUT2D eigenvalue weighted by Gasteiger charge is -2.35. The van der Waals surface area contributed by atoms with E-state index in [-0.39, 0.29) is 48.1 Å². The van der Waals surface area contributed by atoms with Gasteiger partial charge < -0.3 is 14.2 Å². The molecule has 8 nitrogen and oxygen atoms in total. The molecule has 34 heavy (non-hydrogen) atoms. The number of hydrogen-bond acceptors (Lipinski definition) is 7. The third-order valence-electron chi connectivity index (χ3n) is 6.04. The minimum atomic E-state index is -3.91. The largest absolute Gasteiger partial charge is 0.469 e. The monoisotopic (exact) mass is 489 g/mol. The van der Waals surface area contributed by atoms with E-state index in [1.54, 1.807) is 0 Å². The van der Waals surface area contributed by atoms with E-state index >= 15 is 0 Å². The number of carbonyl (C=O) groups is 2. The number of benzene rings is 2. The van der Waals surface area contributed by atoms with Gasteiger partial charge in [-0.05, 0) is 49.4 Å². The van der Waals surface area contributed by atoms with Gasteiger partial charge in [-0.2, -0.15) is 4.31 Å². The summed E-state index contributed by atoms with van der Waals surface area (Å²) < 4.78 is 44.0. The molecule has 0 amide bonds. The van der Waals surface area contributed by atoms with E-state index in [2.05, 4.69) is 0 Å². The molecular weight excluding hydrogens is 458 g/mol. The van der Waals surface area contributed by atoms with Crippen molar-refractivity contribution in [3.05, 3.63) is 65.7 Å². The number of ether oxygens (including phenoxy) is 3. The van der Waals surface area contributed by atoms with Gasteiger partial charge in [0.25, 0.3) is 0 Å². The van der Waals surface area contributed by atoms with Gasteiger partial charge in [0, 0.05) is 19.7 Å². The van der Waals surface area contributed by atoms with Crippen molar-refractivity contribution in [2.75, 3.05) is 27.4 Å². The number of sulfonamides is 1. The predicted octanol–water partition coefficient (Wildman–Crippen LogP) is 3.41. The third kappa shape index (κ3) is 6.43. The van der Waals surface area contributed by atoms with Crippen LogP contribution in [-0.2, 0) is 35.6 Å². The van der Waals surface area contributed by atoms with Crippen molar-refractivity contribution in [3.63, 3.8) is 0 Å². The highest BCUT2D eigenvalue weighted by molar-refractivity contribution is 7.89. The van der Waals surface area contributed by atoms with Crippen molar-refractivity contribution in [3.8, 4) is 0 Å². The topological polar surface area (TPSA) is 99.2 Å². The number of carbonyl (C=O) groups excluding carboxylic acids is 2. The fourth-order valence-corrected chi connectivity index (χ4v) is 5.89. The number of rotatable bonds is 10. The molecule has 1 fully saturated rings. The summed E-state index contributed by atoms with van der Waals surface area (Å²) in [6, 6.07) is 14.9. The average molecular weight is 490 g/mol. The first-order chi connectivity index (χ1) is 16.4. The molecule has 1 aliphatic rings. The average Bonchev–Trinajstić information content (AvgIpc) is 2.88.